The molecule has 4 aromatic rings. The molecule has 0 bridgehead atoms. The van der Waals surface area contributed by atoms with E-state index in [4.69, 9.17) is 0 Å². The molecule has 0 radical (unpaired) electrons. The summed E-state index contributed by atoms with van der Waals surface area (Å²) in [6.07, 6.45) is 3.43. The van der Waals surface area contributed by atoms with Crippen LogP contribution in [-0.2, 0) is 12.8 Å². The maximum atomic E-state index is 12.8. The highest BCUT2D eigenvalue weighted by molar-refractivity contribution is 5.94. The third-order valence-electron chi connectivity index (χ3n) is 7.03. The highest BCUT2D eigenvalue weighted by atomic mass is 16.1. The monoisotopic (exact) mass is 448 g/mol. The van der Waals surface area contributed by atoms with Crippen LogP contribution in [0.1, 0.15) is 53.4 Å². The van der Waals surface area contributed by atoms with E-state index in [-0.39, 0.29) is 11.8 Å². The largest absolute Gasteiger partial charge is 0.351 e. The Morgan fingerprint density at radius 1 is 0.971 bits per heavy atom. The Hall–Kier alpha value is -3.59. The SMILES string of the molecule is CC1CCc2c(cc(-c3ccccc3)n2-c2ccc(C(=O)NCC(C)c3ccccc3)cc2)C1. The molecule has 0 spiro atoms. The molecule has 1 aromatic heterocycles. The maximum Gasteiger partial charge on any atom is 0.251 e. The van der Waals surface area contributed by atoms with E-state index >= 15 is 0 Å². The highest BCUT2D eigenvalue weighted by Crippen LogP contribution is 2.35. The summed E-state index contributed by atoms with van der Waals surface area (Å²) in [4.78, 5) is 12.8. The number of benzene rings is 3. The normalized spacial score (nSPS) is 16.0. The van der Waals surface area contributed by atoms with Gasteiger partial charge in [-0.15, -0.1) is 0 Å². The summed E-state index contributed by atoms with van der Waals surface area (Å²) in [7, 11) is 0. The number of nitrogens with zero attached hydrogens (tertiary/aromatic N) is 1. The first kappa shape index (κ1) is 22.2. The Bertz CT molecular complexity index is 1260. The predicted octanol–water partition coefficient (Wildman–Crippen LogP) is 6.80. The van der Waals surface area contributed by atoms with Gasteiger partial charge in [-0.1, -0.05) is 74.5 Å². The topological polar surface area (TPSA) is 34.0 Å². The van der Waals surface area contributed by atoms with Gasteiger partial charge in [0, 0.05) is 23.5 Å². The van der Waals surface area contributed by atoms with Gasteiger partial charge in [0.25, 0.3) is 5.91 Å². The second kappa shape index (κ2) is 9.72. The van der Waals surface area contributed by atoms with Crippen molar-refractivity contribution in [2.45, 2.75) is 39.0 Å². The summed E-state index contributed by atoms with van der Waals surface area (Å²) < 4.78 is 2.40. The lowest BCUT2D eigenvalue weighted by Gasteiger charge is -2.21. The van der Waals surface area contributed by atoms with E-state index in [9.17, 15) is 4.79 Å². The number of fused-ring (bicyclic) bond motifs is 1. The highest BCUT2D eigenvalue weighted by Gasteiger charge is 2.23. The molecular formula is C31H32N2O. The van der Waals surface area contributed by atoms with Gasteiger partial charge < -0.3 is 9.88 Å². The molecule has 1 N–H and O–H groups in total. The first-order chi connectivity index (χ1) is 16.6. The zero-order chi connectivity index (χ0) is 23.5. The Balaban J connectivity index is 1.38. The second-order valence-corrected chi connectivity index (χ2v) is 9.62. The fourth-order valence-electron chi connectivity index (χ4n) is 5.04. The van der Waals surface area contributed by atoms with Gasteiger partial charge in [0.1, 0.15) is 0 Å². The molecular weight excluding hydrogens is 416 g/mol. The standard InChI is InChI=1S/C31H32N2O/c1-22-13-18-29-27(19-22)20-30(25-11-7-4-8-12-25)33(29)28-16-14-26(15-17-28)31(34)32-21-23(2)24-9-5-3-6-10-24/h3-12,14-17,20,22-23H,13,18-19,21H2,1-2H3,(H,32,34). The van der Waals surface area contributed by atoms with Crippen molar-refractivity contribution in [2.75, 3.05) is 6.54 Å². The molecule has 0 fully saturated rings. The van der Waals surface area contributed by atoms with Gasteiger partial charge in [0.2, 0.25) is 0 Å². The molecule has 34 heavy (non-hydrogen) atoms. The number of rotatable bonds is 6. The van der Waals surface area contributed by atoms with Crippen LogP contribution in [0.15, 0.2) is 91.0 Å². The van der Waals surface area contributed by atoms with Crippen molar-refractivity contribution in [1.82, 2.24) is 9.88 Å². The van der Waals surface area contributed by atoms with Crippen LogP contribution in [0.2, 0.25) is 0 Å². The van der Waals surface area contributed by atoms with E-state index in [1.54, 1.807) is 0 Å². The fourth-order valence-corrected chi connectivity index (χ4v) is 5.04. The van der Waals surface area contributed by atoms with Gasteiger partial charge in [-0.25, -0.2) is 0 Å². The number of carbonyl (C=O) groups is 1. The van der Waals surface area contributed by atoms with E-state index in [1.165, 1.54) is 34.5 Å². The van der Waals surface area contributed by atoms with E-state index in [1.807, 2.05) is 30.3 Å². The van der Waals surface area contributed by atoms with Gasteiger partial charge in [-0.3, -0.25) is 4.79 Å². The molecule has 3 heteroatoms. The molecule has 0 aliphatic heterocycles. The number of nitrogens with one attached hydrogen (secondary N) is 1. The molecule has 2 unspecified atom stereocenters. The van der Waals surface area contributed by atoms with Crippen LogP contribution in [0, 0.1) is 5.92 Å². The number of hydrogen-bond donors (Lipinski definition) is 1. The summed E-state index contributed by atoms with van der Waals surface area (Å²) >= 11 is 0. The third kappa shape index (κ3) is 4.56. The van der Waals surface area contributed by atoms with Gasteiger partial charge in [-0.2, -0.15) is 0 Å². The number of carbonyl (C=O) groups excluding carboxylic acids is 1. The molecule has 1 aliphatic carbocycles. The minimum Gasteiger partial charge on any atom is -0.351 e. The molecule has 172 valence electrons. The molecule has 0 saturated carbocycles. The summed E-state index contributed by atoms with van der Waals surface area (Å²) in [6.45, 7) is 5.10. The summed E-state index contributed by atoms with van der Waals surface area (Å²) in [6, 6.07) is 31.3. The lowest BCUT2D eigenvalue weighted by Crippen LogP contribution is -2.27. The van der Waals surface area contributed by atoms with E-state index in [2.05, 4.69) is 84.4 Å². The van der Waals surface area contributed by atoms with Crippen LogP contribution in [-0.4, -0.2) is 17.0 Å². The van der Waals surface area contributed by atoms with Crippen LogP contribution in [0.4, 0.5) is 0 Å². The zero-order valence-electron chi connectivity index (χ0n) is 20.0. The average Bonchev–Trinajstić information content (AvgIpc) is 3.26. The zero-order valence-corrected chi connectivity index (χ0v) is 20.0. The van der Waals surface area contributed by atoms with E-state index in [0.29, 0.717) is 12.1 Å². The van der Waals surface area contributed by atoms with Crippen molar-refractivity contribution in [1.29, 1.82) is 0 Å². The molecule has 1 heterocycles. The van der Waals surface area contributed by atoms with Crippen molar-refractivity contribution in [3.63, 3.8) is 0 Å². The second-order valence-electron chi connectivity index (χ2n) is 9.62. The van der Waals surface area contributed by atoms with Gasteiger partial charge in [0.15, 0.2) is 0 Å². The molecule has 1 aliphatic rings. The molecule has 3 nitrogen and oxygen atoms in total. The van der Waals surface area contributed by atoms with Crippen molar-refractivity contribution in [2.24, 2.45) is 5.92 Å². The average molecular weight is 449 g/mol. The smallest absolute Gasteiger partial charge is 0.251 e. The Morgan fingerprint density at radius 3 is 2.35 bits per heavy atom. The van der Waals surface area contributed by atoms with Crippen LogP contribution in [0.5, 0.6) is 0 Å². The fraction of sp³-hybridized carbons (Fsp3) is 0.258. The van der Waals surface area contributed by atoms with Crippen molar-refractivity contribution >= 4 is 5.91 Å². The van der Waals surface area contributed by atoms with Crippen LogP contribution >= 0.6 is 0 Å². The number of amides is 1. The quantitative estimate of drug-likeness (QED) is 0.346. The lowest BCUT2D eigenvalue weighted by molar-refractivity contribution is 0.0951. The first-order valence-corrected chi connectivity index (χ1v) is 12.3. The van der Waals surface area contributed by atoms with Crippen molar-refractivity contribution in [3.05, 3.63) is 113 Å². The Morgan fingerprint density at radius 2 is 1.65 bits per heavy atom. The molecule has 1 amide bonds. The predicted molar refractivity (Wildman–Crippen MR) is 140 cm³/mol. The number of aromatic nitrogens is 1. The molecule has 0 saturated heterocycles. The van der Waals surface area contributed by atoms with E-state index < -0.39 is 0 Å². The molecule has 5 rings (SSSR count). The minimum atomic E-state index is -0.0269. The van der Waals surface area contributed by atoms with Gasteiger partial charge in [-0.05, 0) is 78.1 Å². The maximum absolute atomic E-state index is 12.8. The van der Waals surface area contributed by atoms with Crippen LogP contribution in [0.25, 0.3) is 16.9 Å². The number of hydrogen-bond acceptors (Lipinski definition) is 1. The lowest BCUT2D eigenvalue weighted by atomic mass is 9.89. The minimum absolute atomic E-state index is 0.0269. The Labute approximate surface area is 202 Å². The van der Waals surface area contributed by atoms with Gasteiger partial charge in [0.05, 0.1) is 5.69 Å². The third-order valence-corrected chi connectivity index (χ3v) is 7.03. The molecule has 2 atom stereocenters. The van der Waals surface area contributed by atoms with Crippen molar-refractivity contribution < 1.29 is 4.79 Å². The summed E-state index contributed by atoms with van der Waals surface area (Å²) in [5.41, 5.74) is 8.36. The summed E-state index contributed by atoms with van der Waals surface area (Å²) in [5, 5.41) is 3.10. The Kier molecular flexibility index (Phi) is 6.35. The summed E-state index contributed by atoms with van der Waals surface area (Å²) in [5.74, 6) is 0.962. The first-order valence-electron chi connectivity index (χ1n) is 12.3. The van der Waals surface area contributed by atoms with Crippen molar-refractivity contribution in [3.8, 4) is 16.9 Å². The van der Waals surface area contributed by atoms with Crippen LogP contribution in [0.3, 0.4) is 0 Å². The van der Waals surface area contributed by atoms with Crippen LogP contribution < -0.4 is 5.32 Å². The van der Waals surface area contributed by atoms with Gasteiger partial charge >= 0.3 is 0 Å². The van der Waals surface area contributed by atoms with E-state index in [0.717, 1.165) is 24.4 Å². The molecule has 3 aromatic carbocycles.